The van der Waals surface area contributed by atoms with Gasteiger partial charge in [-0.25, -0.2) is 0 Å². The van der Waals surface area contributed by atoms with E-state index in [0.717, 1.165) is 12.6 Å². The van der Waals surface area contributed by atoms with Gasteiger partial charge in [-0.3, -0.25) is 9.59 Å². The van der Waals surface area contributed by atoms with E-state index in [1.165, 1.54) is 28.1 Å². The molecule has 0 amide bonds. The van der Waals surface area contributed by atoms with E-state index >= 15 is 0 Å². The molecule has 2 aromatic carbocycles. The zero-order chi connectivity index (χ0) is 38.1. The third kappa shape index (κ3) is 183. The smallest absolute Gasteiger partial charge is 0.316 e. The number of para-hydroxylation sites is 2. The Kier molecular flexibility index (Phi) is 193. The van der Waals surface area contributed by atoms with Crippen molar-refractivity contribution in [1.29, 1.82) is 0 Å². The second-order valence-electron chi connectivity index (χ2n) is 7.47. The molecule has 50 heavy (non-hydrogen) atoms. The minimum absolute atomic E-state index is 0. The molecule has 0 spiro atoms. The molecular weight excluding hydrogens is 1040 g/mol. The van der Waals surface area contributed by atoms with Crippen LogP contribution in [0.4, 0.5) is 0 Å². The van der Waals surface area contributed by atoms with Crippen molar-refractivity contribution in [3.05, 3.63) is 68.1 Å². The number of benzene rings is 2. The summed E-state index contributed by atoms with van der Waals surface area (Å²) < 4.78 is 8.37. The molecule has 0 bridgehead atoms. The predicted octanol–water partition coefficient (Wildman–Crippen LogP) is 9.38. The molecule has 0 aliphatic rings. The number of rotatable bonds is 2. The molecule has 14 heteroatoms. The van der Waals surface area contributed by atoms with Crippen molar-refractivity contribution < 1.29 is 154 Å². The van der Waals surface area contributed by atoms with Gasteiger partial charge in [-0.2, -0.15) is 0 Å². The van der Waals surface area contributed by atoms with Crippen LogP contribution in [0.1, 0.15) is 75.7 Å². The Morgan fingerprint density at radius 2 is 0.720 bits per heavy atom. The monoisotopic (exact) mass is 1110 g/mol. The van der Waals surface area contributed by atoms with Crippen LogP contribution in [0.25, 0.3) is 0 Å². The van der Waals surface area contributed by atoms with Crippen molar-refractivity contribution in [3.8, 4) is 11.5 Å². The number of carbonyl (C=O) groups excluding carboxylic acids is 4. The summed E-state index contributed by atoms with van der Waals surface area (Å²) in [6, 6.07) is 17.4. The zero-order valence-electron chi connectivity index (χ0n) is 35.2. The number of ether oxygens (including phenoxy) is 2. The second-order valence-corrected chi connectivity index (χ2v) is 13.5. The largest absolute Gasteiger partial charge is 0.508 e. The summed E-state index contributed by atoms with van der Waals surface area (Å²) in [7, 11) is 2.67. The average molecular weight is 1110 g/mol. The van der Waals surface area contributed by atoms with Crippen molar-refractivity contribution in [2.45, 2.75) is 115 Å². The Balaban J connectivity index is -0.0000000246. The summed E-state index contributed by atoms with van der Waals surface area (Å²) in [6.07, 6.45) is 1.19. The van der Waals surface area contributed by atoms with Gasteiger partial charge in [0.05, 0.1) is 14.2 Å². The number of phenols is 2. The average Bonchev–Trinajstić information content (AvgIpc) is 3.03. The molecule has 0 aliphatic carbocycles. The maximum Gasteiger partial charge on any atom is 0.316 e. The fourth-order valence-electron chi connectivity index (χ4n) is 1.12. The number of phenolic OH excluding ortho intramolecular Hbond substituents is 2. The van der Waals surface area contributed by atoms with E-state index in [1.807, 2.05) is 67.5 Å². The van der Waals surface area contributed by atoms with Crippen LogP contribution in [0, 0.1) is 51.5 Å². The van der Waals surface area contributed by atoms with Gasteiger partial charge < -0.3 is 42.2 Å². The van der Waals surface area contributed by atoms with Crippen LogP contribution in [0.5, 0.6) is 11.5 Å². The molecule has 0 heterocycles. The molecule has 9 nitrogen and oxygen atoms in total. The molecule has 2 rings (SSSR count). The minimum atomic E-state index is -0.582. The van der Waals surface area contributed by atoms with Gasteiger partial charge in [-0.05, 0) is 38.1 Å². The predicted molar refractivity (Wildman–Crippen MR) is 210 cm³/mol. The van der Waals surface area contributed by atoms with E-state index in [2.05, 4.69) is 48.8 Å². The second kappa shape index (κ2) is 104. The summed E-state index contributed by atoms with van der Waals surface area (Å²) >= 11 is 0. The fourth-order valence-corrected chi connectivity index (χ4v) is 1.12. The van der Waals surface area contributed by atoms with E-state index in [9.17, 15) is 9.59 Å². The van der Waals surface area contributed by atoms with E-state index in [0.29, 0.717) is 11.5 Å². The maximum absolute atomic E-state index is 10.3. The first kappa shape index (κ1) is 92.8. The van der Waals surface area contributed by atoms with Gasteiger partial charge in [-0.1, -0.05) is 131 Å². The molecule has 4 N–H and O–H groups in total. The first-order valence-electron chi connectivity index (χ1n) is 15.2. The third-order valence-electron chi connectivity index (χ3n) is 2.26. The molecule has 0 saturated heterocycles. The maximum atomic E-state index is 10.3. The number of hydrogen-bond acceptors (Lipinski definition) is 8. The summed E-state index contributed by atoms with van der Waals surface area (Å²) in [5.74, 6) is -0.520. The molecule has 0 saturated carbocycles. The fraction of sp³-hybridized carbons (Fsp3) is 0.528. The van der Waals surface area contributed by atoms with Crippen molar-refractivity contribution >= 4 is 42.1 Å². The summed E-state index contributed by atoms with van der Waals surface area (Å²) in [5.41, 5.74) is 0. The van der Waals surface area contributed by atoms with Crippen molar-refractivity contribution in [2.24, 2.45) is 0 Å². The topological polar surface area (TPSA) is 159 Å². The molecule has 2 aromatic rings. The van der Waals surface area contributed by atoms with E-state index in [-0.39, 0.29) is 146 Å². The van der Waals surface area contributed by atoms with Gasteiger partial charge in [0.1, 0.15) is 30.5 Å². The molecular formula is C36H75AcO9Si2Y2-. The number of carbonyl (C=O) groups is 4. The van der Waals surface area contributed by atoms with Gasteiger partial charge in [0.2, 0.25) is 0 Å². The summed E-state index contributed by atoms with van der Waals surface area (Å²) in [4.78, 5) is 38.1. The Morgan fingerprint density at radius 3 is 0.800 bits per heavy atom. The summed E-state index contributed by atoms with van der Waals surface area (Å²) in [6.45, 7) is 32.5. The molecule has 0 atom stereocenters. The number of methoxy groups -OCH3 is 2. The van der Waals surface area contributed by atoms with Crippen LogP contribution in [0.2, 0.25) is 39.3 Å². The molecule has 0 aromatic heterocycles. The van der Waals surface area contributed by atoms with Crippen LogP contribution in [-0.2, 0) is 94.1 Å². The zero-order valence-corrected chi connectivity index (χ0v) is 47.6. The minimum Gasteiger partial charge on any atom is -0.508 e. The normalized spacial score (nSPS) is 6.32. The summed E-state index contributed by atoms with van der Waals surface area (Å²) in [5, 5.41) is 17.3. The Labute approximate surface area is 399 Å². The van der Waals surface area contributed by atoms with Crippen LogP contribution in [0.15, 0.2) is 60.7 Å². The number of hydrogen-bond donors (Lipinski definition) is 2. The van der Waals surface area contributed by atoms with Crippen LogP contribution in [-0.4, -0.2) is 72.0 Å². The van der Waals surface area contributed by atoms with Crippen LogP contribution < -0.4 is 0 Å². The first-order valence-corrected chi connectivity index (χ1v) is 21.2. The van der Waals surface area contributed by atoms with E-state index in [4.69, 9.17) is 19.8 Å². The van der Waals surface area contributed by atoms with E-state index in [1.54, 1.807) is 48.5 Å². The molecule has 0 fully saturated rings. The van der Waals surface area contributed by atoms with Gasteiger partial charge >= 0.3 is 11.9 Å². The van der Waals surface area contributed by atoms with Crippen LogP contribution >= 0.6 is 0 Å². The van der Waals surface area contributed by atoms with E-state index < -0.39 is 11.9 Å². The van der Waals surface area contributed by atoms with Crippen molar-refractivity contribution in [2.75, 3.05) is 14.2 Å². The van der Waals surface area contributed by atoms with Gasteiger partial charge in [0, 0.05) is 127 Å². The number of esters is 2. The van der Waals surface area contributed by atoms with Gasteiger partial charge in [-0.15, -0.1) is 0 Å². The molecule has 0 unspecified atom stereocenters. The molecule has 0 aliphatic heterocycles. The molecule has 5 radical (unpaired) electrons. The van der Waals surface area contributed by atoms with Gasteiger partial charge in [0.25, 0.3) is 0 Å². The number of aromatic hydroxyl groups is 2. The number of aldehydes is 2. The molecule has 291 valence electrons. The Bertz CT molecular complexity index is 697. The Morgan fingerprint density at radius 1 is 0.580 bits per heavy atom. The Hall–Kier alpha value is 0.363. The van der Waals surface area contributed by atoms with Gasteiger partial charge in [0.15, 0.2) is 0 Å². The third-order valence-corrected chi connectivity index (χ3v) is 2.26. The van der Waals surface area contributed by atoms with Crippen molar-refractivity contribution in [3.63, 3.8) is 0 Å². The van der Waals surface area contributed by atoms with Crippen LogP contribution in [0.3, 0.4) is 0 Å². The standard InChI is InChI=1S/2C6H6O.C5H8O4.2C3H9Si.2C2H4O.4C2H6.CH3.Ac.H2O.2Y/c2*7-6-4-2-1-3-5-6;1-8-4(6)3-5(7)9-2;2*1-4(2)3;2*1-2-3;4*1-2;;;;;/h2*1-5,7H;3H2,1-2H3;2*1-3H3;2*2H,1H3;4*1-2H3;1H3;;1H2;;/q;;;;;;;;;;;-1;;;;. The first-order chi connectivity index (χ1) is 21.3. The SMILES string of the molecule is CC.CC.CC.CC.CC=O.CC=O.COC(=O)CC(=O)OC.C[Si](C)C.C[Si](C)C.O.Oc1ccccc1.Oc1ccccc1.[Ac].[CH3-].[Y].[Y]. The van der Waals surface area contributed by atoms with Crippen molar-refractivity contribution in [1.82, 2.24) is 0 Å². The quantitative estimate of drug-likeness (QED) is 0.0991.